The highest BCUT2D eigenvalue weighted by Gasteiger charge is 2.37. The molecule has 3 rings (SSSR count). The normalized spacial score (nSPS) is 15.4. The van der Waals surface area contributed by atoms with Crippen LogP contribution in [0.3, 0.4) is 0 Å². The third-order valence-electron chi connectivity index (χ3n) is 4.80. The molecule has 0 bridgehead atoms. The number of aromatic amines is 1. The Kier molecular flexibility index (Phi) is 6.51. The Morgan fingerprint density at radius 2 is 1.71 bits per heavy atom. The minimum Gasteiger partial charge on any atom is -0.388 e. The highest BCUT2D eigenvalue weighted by molar-refractivity contribution is 7.53. The average molecular weight is 457 g/mol. The Balaban J connectivity index is 2.06. The van der Waals surface area contributed by atoms with Crippen LogP contribution < -0.4 is 11.2 Å². The monoisotopic (exact) mass is 457 g/mol. The third kappa shape index (κ3) is 5.11. The van der Waals surface area contributed by atoms with Gasteiger partial charge in [-0.1, -0.05) is 0 Å². The molecule has 0 saturated heterocycles. The Bertz CT molecular complexity index is 1190. The maximum absolute atomic E-state index is 12.2. The molecule has 3 atom stereocenters. The van der Waals surface area contributed by atoms with E-state index in [0.29, 0.717) is 11.0 Å². The zero-order valence-electron chi connectivity index (χ0n) is 16.5. The van der Waals surface area contributed by atoms with Crippen molar-refractivity contribution in [1.82, 2.24) is 19.5 Å². The number of nitrogens with zero attached hydrogens (tertiary/aromatic N) is 3. The van der Waals surface area contributed by atoms with E-state index in [0.717, 1.165) is 11.1 Å². The quantitative estimate of drug-likeness (QED) is 0.152. The van der Waals surface area contributed by atoms with Gasteiger partial charge in [0.2, 0.25) is 0 Å². The first kappa shape index (κ1) is 23.3. The largest absolute Gasteiger partial charge is 0.567 e. The van der Waals surface area contributed by atoms with E-state index in [4.69, 9.17) is 14.7 Å². The number of benzene rings is 1. The Morgan fingerprint density at radius 3 is 2.35 bits per heavy atom. The van der Waals surface area contributed by atoms with Gasteiger partial charge in [0.05, 0.1) is 17.6 Å². The lowest BCUT2D eigenvalue weighted by molar-refractivity contribution is -0.0807. The van der Waals surface area contributed by atoms with E-state index in [-0.39, 0.29) is 11.5 Å². The number of aliphatic hydroxyl groups is 3. The molecule has 13 nitrogen and oxygen atoms in total. The molecule has 2 heterocycles. The van der Waals surface area contributed by atoms with Gasteiger partial charge in [-0.15, -0.1) is 0 Å². The van der Waals surface area contributed by atoms with Crippen molar-refractivity contribution < 1.29 is 34.5 Å². The van der Waals surface area contributed by atoms with E-state index in [1.165, 1.54) is 4.57 Å². The molecule has 0 aliphatic carbocycles. The van der Waals surface area contributed by atoms with Crippen LogP contribution in [-0.2, 0) is 11.1 Å². The van der Waals surface area contributed by atoms with Crippen LogP contribution in [0.1, 0.15) is 11.1 Å². The second-order valence-electron chi connectivity index (χ2n) is 7.13. The molecule has 1 aromatic rings. The number of fused-ring (bicyclic) bond motifs is 2. The van der Waals surface area contributed by atoms with Gasteiger partial charge in [-0.25, -0.2) is 9.78 Å². The Hall–Kier alpha value is -2.35. The summed E-state index contributed by atoms with van der Waals surface area (Å²) < 4.78 is 5.58. The Morgan fingerprint density at radius 1 is 1.06 bits per heavy atom. The molecule has 0 fully saturated rings. The van der Waals surface area contributed by atoms with Gasteiger partial charge >= 0.3 is 13.9 Å². The highest BCUT2D eigenvalue weighted by atomic mass is 31.2. The average Bonchev–Trinajstić information content (AvgIpc) is 2.67. The lowest BCUT2D eigenvalue weighted by Gasteiger charge is -2.25. The smallest absolute Gasteiger partial charge is 0.388 e. The molecule has 0 radical (unpaired) electrons. The summed E-state index contributed by atoms with van der Waals surface area (Å²) in [5, 5.41) is 30.6. The van der Waals surface area contributed by atoms with E-state index in [1.807, 2.05) is 18.8 Å². The van der Waals surface area contributed by atoms with E-state index in [2.05, 4.69) is 14.5 Å². The molecule has 0 spiro atoms. The SMILES string of the molecule is Cc1cc2nc3c(=O)[nH]c(=O)nc-3n(C[C@@H](O)[C@@H](O)[C@@H](O)CO[P+](O)(O)O)c2cc1C. The summed E-state index contributed by atoms with van der Waals surface area (Å²) in [6, 6.07) is 3.43. The molecule has 14 heteroatoms. The number of hydrogen-bond donors (Lipinski definition) is 7. The first-order chi connectivity index (χ1) is 14.4. The topological polar surface area (TPSA) is 211 Å². The maximum Gasteiger partial charge on any atom is 0.567 e. The van der Waals surface area contributed by atoms with E-state index in [1.54, 1.807) is 12.1 Å². The molecule has 0 amide bonds. The second kappa shape index (κ2) is 8.65. The number of aryl methyl sites for hydroxylation is 2. The fraction of sp³-hybridized carbons (Fsp3) is 0.412. The lowest BCUT2D eigenvalue weighted by Crippen LogP contribution is -2.42. The predicted molar refractivity (Wildman–Crippen MR) is 108 cm³/mol. The fourth-order valence-corrected chi connectivity index (χ4v) is 3.41. The van der Waals surface area contributed by atoms with Crippen LogP contribution >= 0.6 is 8.17 Å². The van der Waals surface area contributed by atoms with Crippen LogP contribution in [0, 0.1) is 13.8 Å². The molecule has 2 aliphatic rings. The minimum atomic E-state index is -4.64. The predicted octanol–water partition coefficient (Wildman–Crippen LogP) is -2.04. The summed E-state index contributed by atoms with van der Waals surface area (Å²) in [7, 11) is -4.64. The maximum atomic E-state index is 12.2. The van der Waals surface area contributed by atoms with E-state index < -0.39 is 50.9 Å². The van der Waals surface area contributed by atoms with Gasteiger partial charge in [-0.3, -0.25) is 9.78 Å². The van der Waals surface area contributed by atoms with Crippen LogP contribution in [0.5, 0.6) is 0 Å². The van der Waals surface area contributed by atoms with Gasteiger partial charge in [-0.05, 0) is 37.1 Å². The van der Waals surface area contributed by atoms with Gasteiger partial charge in [0.1, 0.15) is 24.9 Å². The summed E-state index contributed by atoms with van der Waals surface area (Å²) in [6.45, 7) is 2.38. The first-order valence-electron chi connectivity index (χ1n) is 9.05. The van der Waals surface area contributed by atoms with Crippen LogP contribution in [0.25, 0.3) is 22.6 Å². The van der Waals surface area contributed by atoms with Crippen LogP contribution in [-0.4, -0.2) is 74.4 Å². The summed E-state index contributed by atoms with van der Waals surface area (Å²) in [5.74, 6) is -0.132. The number of rotatable bonds is 7. The van der Waals surface area contributed by atoms with Crippen LogP contribution in [0.15, 0.2) is 21.7 Å². The summed E-state index contributed by atoms with van der Waals surface area (Å²) >= 11 is 0. The van der Waals surface area contributed by atoms with Gasteiger partial charge in [0.15, 0.2) is 11.5 Å². The Labute approximate surface area is 174 Å². The fourth-order valence-electron chi connectivity index (χ4n) is 3.06. The third-order valence-corrected chi connectivity index (χ3v) is 5.30. The van der Waals surface area contributed by atoms with E-state index >= 15 is 0 Å². The lowest BCUT2D eigenvalue weighted by atomic mass is 10.1. The van der Waals surface area contributed by atoms with Crippen molar-refractivity contribution in [3.63, 3.8) is 0 Å². The number of hydrogen-bond acceptors (Lipinski definition) is 11. The second-order valence-corrected chi connectivity index (χ2v) is 8.41. The molecule has 0 aromatic heterocycles. The molecule has 2 aliphatic heterocycles. The van der Waals surface area contributed by atoms with Crippen molar-refractivity contribution in [2.75, 3.05) is 6.61 Å². The van der Waals surface area contributed by atoms with Crippen LogP contribution in [0.4, 0.5) is 0 Å². The van der Waals surface area contributed by atoms with Gasteiger partial charge in [0, 0.05) is 0 Å². The molecule has 0 unspecified atom stereocenters. The molecule has 7 N–H and O–H groups in total. The minimum absolute atomic E-state index is 0.132. The zero-order chi connectivity index (χ0) is 23.1. The molecular formula is C17H22N4O9P+. The summed E-state index contributed by atoms with van der Waals surface area (Å²) in [4.78, 5) is 60.6. The highest BCUT2D eigenvalue weighted by Crippen LogP contribution is 2.45. The van der Waals surface area contributed by atoms with Gasteiger partial charge in [0.25, 0.3) is 5.56 Å². The molecule has 0 saturated carbocycles. The van der Waals surface area contributed by atoms with E-state index in [9.17, 15) is 24.9 Å². The van der Waals surface area contributed by atoms with Crippen molar-refractivity contribution in [2.24, 2.45) is 0 Å². The summed E-state index contributed by atoms with van der Waals surface area (Å²) in [5.41, 5.74) is 0.672. The number of aliphatic hydroxyl groups excluding tert-OH is 3. The van der Waals surface area contributed by atoms with Crippen LogP contribution in [0.2, 0.25) is 0 Å². The van der Waals surface area contributed by atoms with Crippen molar-refractivity contribution in [3.8, 4) is 11.5 Å². The molecule has 168 valence electrons. The van der Waals surface area contributed by atoms with Crippen molar-refractivity contribution >= 4 is 19.2 Å². The molecule has 31 heavy (non-hydrogen) atoms. The molecular weight excluding hydrogens is 435 g/mol. The summed E-state index contributed by atoms with van der Waals surface area (Å²) in [6.07, 6.45) is -5.31. The van der Waals surface area contributed by atoms with Crippen molar-refractivity contribution in [2.45, 2.75) is 38.7 Å². The van der Waals surface area contributed by atoms with Crippen molar-refractivity contribution in [1.29, 1.82) is 0 Å². The standard InChI is InChI=1S/C17H21N4O9P/c1-7-3-9-10(4-8(7)2)21(15-13(18-9)16(25)20-17(26)19-15)5-11(22)14(24)12(23)6-30-31(27,28)29/h3-4,11-12,14,22-24,27-29H,5-6H2,1-2H3/p+1/t11-,12+,14-/m1/s1. The number of aromatic nitrogens is 4. The zero-order valence-corrected chi connectivity index (χ0v) is 17.4. The van der Waals surface area contributed by atoms with Gasteiger partial charge < -0.3 is 19.9 Å². The number of H-pyrrole nitrogens is 1. The molecule has 1 aromatic carbocycles. The van der Waals surface area contributed by atoms with Crippen molar-refractivity contribution in [3.05, 3.63) is 44.1 Å². The van der Waals surface area contributed by atoms with Gasteiger partial charge in [-0.2, -0.15) is 24.2 Å². The number of nitrogens with one attached hydrogen (secondary N) is 1. The first-order valence-corrected chi connectivity index (χ1v) is 10.6.